The Morgan fingerprint density at radius 1 is 1.38 bits per heavy atom. The van der Waals surface area contributed by atoms with Gasteiger partial charge in [-0.1, -0.05) is 36.4 Å². The zero-order chi connectivity index (χ0) is 17.6. The Balaban J connectivity index is 2.31. The Hall–Kier alpha value is -1.66. The van der Waals surface area contributed by atoms with Crippen molar-refractivity contribution in [1.82, 2.24) is 4.31 Å². The molecule has 1 saturated heterocycles. The molecular weight excluding hydrogens is 326 g/mol. The van der Waals surface area contributed by atoms with Crippen molar-refractivity contribution in [2.24, 2.45) is 5.41 Å². The topological polar surface area (TPSA) is 63.7 Å². The monoisotopic (exact) mass is 351 g/mol. The summed E-state index contributed by atoms with van der Waals surface area (Å²) in [6.45, 7) is 6.17. The fourth-order valence-corrected chi connectivity index (χ4v) is 4.59. The van der Waals surface area contributed by atoms with Crippen LogP contribution in [0.15, 0.2) is 43.0 Å². The molecule has 1 aliphatic heterocycles. The number of sulfonamides is 1. The van der Waals surface area contributed by atoms with Crippen molar-refractivity contribution in [2.45, 2.75) is 26.2 Å². The van der Waals surface area contributed by atoms with Crippen molar-refractivity contribution < 1.29 is 17.9 Å². The molecule has 0 spiro atoms. The van der Waals surface area contributed by atoms with Crippen molar-refractivity contribution >= 4 is 16.0 Å². The summed E-state index contributed by atoms with van der Waals surface area (Å²) in [5.41, 5.74) is 0.178. The van der Waals surface area contributed by atoms with Crippen LogP contribution in [0.5, 0.6) is 0 Å². The molecule has 24 heavy (non-hydrogen) atoms. The van der Waals surface area contributed by atoms with E-state index < -0.39 is 15.4 Å². The summed E-state index contributed by atoms with van der Waals surface area (Å²) >= 11 is 0. The molecule has 0 N–H and O–H groups in total. The average Bonchev–Trinajstić information content (AvgIpc) is 2.56. The second-order valence-electron chi connectivity index (χ2n) is 6.17. The fraction of sp³-hybridized carbons (Fsp3) is 0.500. The van der Waals surface area contributed by atoms with Gasteiger partial charge in [0.1, 0.15) is 0 Å². The molecule has 0 bridgehead atoms. The van der Waals surface area contributed by atoms with Crippen molar-refractivity contribution in [3.8, 4) is 0 Å². The maximum atomic E-state index is 12.7. The summed E-state index contributed by atoms with van der Waals surface area (Å²) in [6, 6.07) is 9.67. The Labute approximate surface area is 144 Å². The molecule has 1 aromatic carbocycles. The number of nitrogens with zero attached hydrogens (tertiary/aromatic N) is 1. The third-order valence-corrected chi connectivity index (χ3v) is 6.11. The standard InChI is InChI=1S/C18H25NO4S/c1-3-13-24(21,22)19-12-8-11-18(15-19,17(20)23-4-2)14-16-9-6-5-7-10-16/h3,5-7,9-10H,1,4,8,11-15H2,2H3. The van der Waals surface area contributed by atoms with E-state index in [1.54, 1.807) is 6.92 Å². The largest absolute Gasteiger partial charge is 0.466 e. The minimum atomic E-state index is -3.44. The summed E-state index contributed by atoms with van der Waals surface area (Å²) in [5.74, 6) is -0.426. The van der Waals surface area contributed by atoms with Gasteiger partial charge >= 0.3 is 5.97 Å². The SMILES string of the molecule is C=CCS(=O)(=O)N1CCCC(Cc2ccccc2)(C(=O)OCC)C1. The Bertz CT molecular complexity index is 672. The van der Waals surface area contributed by atoms with Crippen molar-refractivity contribution in [3.05, 3.63) is 48.6 Å². The lowest BCUT2D eigenvalue weighted by molar-refractivity contribution is -0.157. The van der Waals surface area contributed by atoms with Crippen molar-refractivity contribution in [3.63, 3.8) is 0 Å². The van der Waals surface area contributed by atoms with E-state index in [9.17, 15) is 13.2 Å². The fourth-order valence-electron chi connectivity index (χ4n) is 3.24. The molecule has 6 heteroatoms. The van der Waals surface area contributed by atoms with E-state index in [4.69, 9.17) is 4.74 Å². The van der Waals surface area contributed by atoms with Crippen LogP contribution in [0.25, 0.3) is 0 Å². The normalized spacial score (nSPS) is 22.0. The van der Waals surface area contributed by atoms with Gasteiger partial charge in [-0.3, -0.25) is 4.79 Å². The van der Waals surface area contributed by atoms with E-state index in [2.05, 4.69) is 6.58 Å². The quantitative estimate of drug-likeness (QED) is 0.559. The van der Waals surface area contributed by atoms with Gasteiger partial charge in [0, 0.05) is 13.1 Å². The van der Waals surface area contributed by atoms with Crippen LogP contribution >= 0.6 is 0 Å². The van der Waals surface area contributed by atoms with Gasteiger partial charge in [-0.25, -0.2) is 12.7 Å². The highest BCUT2D eigenvalue weighted by Gasteiger charge is 2.46. The summed E-state index contributed by atoms with van der Waals surface area (Å²) in [6.07, 6.45) is 3.13. The minimum absolute atomic E-state index is 0.114. The van der Waals surface area contributed by atoms with Crippen molar-refractivity contribution in [1.29, 1.82) is 0 Å². The van der Waals surface area contributed by atoms with Gasteiger partial charge in [-0.15, -0.1) is 6.58 Å². The molecule has 0 radical (unpaired) electrons. The van der Waals surface area contributed by atoms with E-state index >= 15 is 0 Å². The lowest BCUT2D eigenvalue weighted by Gasteiger charge is -2.40. The van der Waals surface area contributed by atoms with Crippen LogP contribution in [-0.2, 0) is 26.0 Å². The molecule has 1 fully saturated rings. The van der Waals surface area contributed by atoms with Gasteiger partial charge in [-0.2, -0.15) is 0 Å². The van der Waals surface area contributed by atoms with Crippen molar-refractivity contribution in [2.75, 3.05) is 25.4 Å². The van der Waals surface area contributed by atoms with Gasteiger partial charge in [0.05, 0.1) is 17.8 Å². The first-order valence-electron chi connectivity index (χ1n) is 8.23. The first-order chi connectivity index (χ1) is 11.4. The van der Waals surface area contributed by atoms with Crippen LogP contribution in [0, 0.1) is 5.41 Å². The zero-order valence-corrected chi connectivity index (χ0v) is 14.9. The Morgan fingerprint density at radius 3 is 2.71 bits per heavy atom. The average molecular weight is 351 g/mol. The first-order valence-corrected chi connectivity index (χ1v) is 9.84. The summed E-state index contributed by atoms with van der Waals surface area (Å²) in [7, 11) is -3.44. The summed E-state index contributed by atoms with van der Waals surface area (Å²) < 4.78 is 31.5. The number of hydrogen-bond donors (Lipinski definition) is 0. The van der Waals surface area contributed by atoms with Gasteiger partial charge in [0.25, 0.3) is 0 Å². The van der Waals surface area contributed by atoms with Gasteiger partial charge in [0.15, 0.2) is 0 Å². The highest BCUT2D eigenvalue weighted by Crippen LogP contribution is 2.36. The Kier molecular flexibility index (Phi) is 6.18. The van der Waals surface area contributed by atoms with Gasteiger partial charge < -0.3 is 4.74 Å². The van der Waals surface area contributed by atoms with Crippen LogP contribution < -0.4 is 0 Å². The lowest BCUT2D eigenvalue weighted by Crippen LogP contribution is -2.52. The number of esters is 1. The third-order valence-electron chi connectivity index (χ3n) is 4.36. The van der Waals surface area contributed by atoms with Crippen LogP contribution in [0.2, 0.25) is 0 Å². The van der Waals surface area contributed by atoms with Crippen LogP contribution in [-0.4, -0.2) is 44.1 Å². The minimum Gasteiger partial charge on any atom is -0.466 e. The molecule has 1 aliphatic rings. The van der Waals surface area contributed by atoms with Crippen LogP contribution in [0.1, 0.15) is 25.3 Å². The maximum absolute atomic E-state index is 12.7. The number of rotatable bonds is 7. The predicted octanol–water partition coefficient (Wildman–Crippen LogP) is 2.39. The number of piperidine rings is 1. The number of hydrogen-bond acceptors (Lipinski definition) is 4. The highest BCUT2D eigenvalue weighted by molar-refractivity contribution is 7.89. The van der Waals surface area contributed by atoms with Crippen LogP contribution in [0.3, 0.4) is 0 Å². The van der Waals surface area contributed by atoms with E-state index in [0.29, 0.717) is 25.8 Å². The molecule has 2 rings (SSSR count). The molecule has 1 unspecified atom stereocenters. The van der Waals surface area contributed by atoms with E-state index in [1.165, 1.54) is 10.4 Å². The van der Waals surface area contributed by atoms with E-state index in [0.717, 1.165) is 5.56 Å². The molecule has 1 atom stereocenters. The second kappa shape index (κ2) is 7.94. The van der Waals surface area contributed by atoms with E-state index in [-0.39, 0.29) is 24.9 Å². The number of carbonyl (C=O) groups excluding carboxylic acids is 1. The molecule has 5 nitrogen and oxygen atoms in total. The molecular formula is C18H25NO4S. The number of benzene rings is 1. The molecule has 0 amide bonds. The Morgan fingerprint density at radius 2 is 2.08 bits per heavy atom. The molecule has 1 heterocycles. The molecule has 132 valence electrons. The van der Waals surface area contributed by atoms with Crippen LogP contribution in [0.4, 0.5) is 0 Å². The molecule has 0 aliphatic carbocycles. The highest BCUT2D eigenvalue weighted by atomic mass is 32.2. The lowest BCUT2D eigenvalue weighted by atomic mass is 9.75. The first kappa shape index (κ1) is 18.7. The van der Waals surface area contributed by atoms with E-state index in [1.807, 2.05) is 30.3 Å². The third kappa shape index (κ3) is 4.24. The molecule has 0 aromatic heterocycles. The molecule has 0 saturated carbocycles. The van der Waals surface area contributed by atoms with Gasteiger partial charge in [0.2, 0.25) is 10.0 Å². The molecule has 1 aromatic rings. The van der Waals surface area contributed by atoms with Gasteiger partial charge in [-0.05, 0) is 31.7 Å². The number of ether oxygens (including phenoxy) is 1. The number of carbonyl (C=O) groups is 1. The second-order valence-corrected chi connectivity index (χ2v) is 8.18. The summed E-state index contributed by atoms with van der Waals surface area (Å²) in [4.78, 5) is 12.7. The maximum Gasteiger partial charge on any atom is 0.313 e. The zero-order valence-electron chi connectivity index (χ0n) is 14.1. The summed E-state index contributed by atoms with van der Waals surface area (Å²) in [5, 5.41) is 0. The smallest absolute Gasteiger partial charge is 0.313 e. The predicted molar refractivity (Wildman–Crippen MR) is 94.0 cm³/mol.